The van der Waals surface area contributed by atoms with Gasteiger partial charge in [-0.25, -0.2) is 4.79 Å². The van der Waals surface area contributed by atoms with Crippen LogP contribution in [0, 0.1) is 0 Å². The van der Waals surface area contributed by atoms with Gasteiger partial charge < -0.3 is 5.11 Å². The van der Waals surface area contributed by atoms with E-state index in [4.69, 9.17) is 5.11 Å². The number of carboxylic acid groups (broad SMARTS) is 1. The molecule has 0 fully saturated rings. The van der Waals surface area contributed by atoms with E-state index in [2.05, 4.69) is 18.8 Å². The average molecular weight is 219 g/mol. The number of aliphatic carboxylic acids is 1. The highest BCUT2D eigenvalue weighted by Crippen LogP contribution is 2.33. The van der Waals surface area contributed by atoms with Crippen LogP contribution in [-0.2, 0) is 4.79 Å². The van der Waals surface area contributed by atoms with Crippen molar-refractivity contribution < 1.29 is 9.90 Å². The van der Waals surface area contributed by atoms with E-state index in [9.17, 15) is 4.79 Å². The van der Waals surface area contributed by atoms with Crippen molar-refractivity contribution in [2.24, 2.45) is 4.99 Å². The van der Waals surface area contributed by atoms with E-state index >= 15 is 0 Å². The Labute approximate surface area is 86.4 Å². The summed E-state index contributed by atoms with van der Waals surface area (Å²) in [6.45, 7) is 4.13. The lowest BCUT2D eigenvalue weighted by Crippen LogP contribution is -2.23. The number of nitrogens with zero attached hydrogens (tertiary/aromatic N) is 1. The molecule has 3 nitrogen and oxygen atoms in total. The first-order valence-electron chi connectivity index (χ1n) is 3.96. The largest absolute Gasteiger partial charge is 0.480 e. The Morgan fingerprint density at radius 1 is 1.77 bits per heavy atom. The summed E-state index contributed by atoms with van der Waals surface area (Å²) in [6, 6.07) is -0.536. The maximum Gasteiger partial charge on any atom is 0.329 e. The van der Waals surface area contributed by atoms with Crippen molar-refractivity contribution in [3.8, 4) is 0 Å². The molecule has 0 aromatic carbocycles. The van der Waals surface area contributed by atoms with Gasteiger partial charge in [-0.3, -0.25) is 4.99 Å². The number of carboxylic acids is 1. The molecule has 1 aliphatic heterocycles. The minimum absolute atomic E-state index is 0.0468. The zero-order valence-electron chi connectivity index (χ0n) is 7.90. The predicted molar refractivity (Wildman–Crippen MR) is 58.9 cm³/mol. The van der Waals surface area contributed by atoms with Crippen molar-refractivity contribution in [2.75, 3.05) is 12.0 Å². The average Bonchev–Trinajstić information content (AvgIpc) is 2.52. The third-order valence-electron chi connectivity index (χ3n) is 1.96. The number of hydrogen-bond donors (Lipinski definition) is 1. The van der Waals surface area contributed by atoms with Crippen LogP contribution in [0.2, 0.25) is 0 Å². The molecule has 0 radical (unpaired) electrons. The molecule has 1 atom stereocenters. The molecule has 0 amide bonds. The molecule has 0 aromatic rings. The van der Waals surface area contributed by atoms with Gasteiger partial charge in [0.25, 0.3) is 0 Å². The molecule has 1 aliphatic rings. The van der Waals surface area contributed by atoms with Crippen molar-refractivity contribution in [3.63, 3.8) is 0 Å². The summed E-state index contributed by atoms with van der Waals surface area (Å²) in [7, 11) is 0. The highest BCUT2D eigenvalue weighted by atomic mass is 32.2. The summed E-state index contributed by atoms with van der Waals surface area (Å²) in [4.78, 5) is 14.8. The number of carbonyl (C=O) groups is 1. The van der Waals surface area contributed by atoms with Crippen molar-refractivity contribution in [1.29, 1.82) is 0 Å². The van der Waals surface area contributed by atoms with Crippen molar-refractivity contribution in [1.82, 2.24) is 0 Å². The van der Waals surface area contributed by atoms with Gasteiger partial charge in [-0.1, -0.05) is 0 Å². The zero-order chi connectivity index (χ0) is 10.1. The van der Waals surface area contributed by atoms with Gasteiger partial charge in [0.15, 0.2) is 6.04 Å². The lowest BCUT2D eigenvalue weighted by molar-refractivity contribution is -0.137. The Balaban J connectivity index is 2.75. The van der Waals surface area contributed by atoms with Crippen LogP contribution < -0.4 is 0 Å². The summed E-state index contributed by atoms with van der Waals surface area (Å²) in [5.41, 5.74) is 0. The molecule has 0 spiro atoms. The molecule has 0 aromatic heterocycles. The number of hydrogen-bond acceptors (Lipinski definition) is 4. The van der Waals surface area contributed by atoms with Gasteiger partial charge in [-0.15, -0.1) is 11.8 Å². The fraction of sp³-hybridized carbons (Fsp3) is 0.750. The molecule has 1 rings (SSSR count). The van der Waals surface area contributed by atoms with Gasteiger partial charge in [0.1, 0.15) is 0 Å². The van der Waals surface area contributed by atoms with Gasteiger partial charge in [0.2, 0.25) is 0 Å². The highest BCUT2D eigenvalue weighted by molar-refractivity contribution is 8.16. The standard InChI is InChI=1S/C8H13NO2S2/c1-8(2,12-3)7-9-5(4-13-7)6(10)11/h5H,4H2,1-3H3,(H,10,11). The second-order valence-corrected chi connectivity index (χ2v) is 5.75. The maximum absolute atomic E-state index is 10.6. The quantitative estimate of drug-likeness (QED) is 0.785. The van der Waals surface area contributed by atoms with Crippen molar-refractivity contribution in [3.05, 3.63) is 0 Å². The highest BCUT2D eigenvalue weighted by Gasteiger charge is 2.32. The molecule has 0 saturated carbocycles. The topological polar surface area (TPSA) is 49.7 Å². The maximum atomic E-state index is 10.6. The Morgan fingerprint density at radius 2 is 2.38 bits per heavy atom. The van der Waals surface area contributed by atoms with Crippen LogP contribution in [0.3, 0.4) is 0 Å². The lowest BCUT2D eigenvalue weighted by atomic mass is 10.2. The van der Waals surface area contributed by atoms with E-state index in [1.54, 1.807) is 23.5 Å². The van der Waals surface area contributed by atoms with Gasteiger partial charge >= 0.3 is 5.97 Å². The summed E-state index contributed by atoms with van der Waals surface area (Å²) >= 11 is 3.25. The summed E-state index contributed by atoms with van der Waals surface area (Å²) < 4.78 is -0.0468. The molecule has 13 heavy (non-hydrogen) atoms. The van der Waals surface area contributed by atoms with Crippen LogP contribution in [-0.4, -0.2) is 38.9 Å². The SMILES string of the molecule is CSC(C)(C)C1=NC(C(=O)O)CS1. The number of thioether (sulfide) groups is 2. The molecule has 0 bridgehead atoms. The third kappa shape index (κ3) is 2.40. The van der Waals surface area contributed by atoms with Crippen molar-refractivity contribution in [2.45, 2.75) is 24.6 Å². The van der Waals surface area contributed by atoms with Gasteiger partial charge in [-0.05, 0) is 20.1 Å². The third-order valence-corrected chi connectivity index (χ3v) is 4.68. The molecule has 74 valence electrons. The molecule has 0 saturated heterocycles. The zero-order valence-corrected chi connectivity index (χ0v) is 9.54. The lowest BCUT2D eigenvalue weighted by Gasteiger charge is -2.20. The molecule has 0 aliphatic carbocycles. The summed E-state index contributed by atoms with van der Waals surface area (Å²) in [6.07, 6.45) is 2.01. The van der Waals surface area contributed by atoms with E-state index in [1.165, 1.54) is 0 Å². The second-order valence-electron chi connectivity index (χ2n) is 3.31. The molecular formula is C8H13NO2S2. The summed E-state index contributed by atoms with van der Waals surface area (Å²) in [5.74, 6) is -0.242. The molecule has 1 unspecified atom stereocenters. The van der Waals surface area contributed by atoms with Crippen LogP contribution >= 0.6 is 23.5 Å². The Bertz CT molecular complexity index is 251. The van der Waals surface area contributed by atoms with Crippen molar-refractivity contribution >= 4 is 34.5 Å². The normalized spacial score (nSPS) is 23.0. The monoisotopic (exact) mass is 219 g/mol. The Hall–Kier alpha value is -0.160. The first kappa shape index (κ1) is 10.9. The van der Waals surface area contributed by atoms with Gasteiger partial charge in [0.05, 0.1) is 9.79 Å². The Morgan fingerprint density at radius 3 is 2.77 bits per heavy atom. The van der Waals surface area contributed by atoms with Gasteiger partial charge in [0, 0.05) is 5.75 Å². The molecule has 1 heterocycles. The minimum Gasteiger partial charge on any atom is -0.480 e. The van der Waals surface area contributed by atoms with E-state index in [-0.39, 0.29) is 4.75 Å². The smallest absolute Gasteiger partial charge is 0.329 e. The fourth-order valence-electron chi connectivity index (χ4n) is 0.917. The fourth-order valence-corrected chi connectivity index (χ4v) is 2.65. The van der Waals surface area contributed by atoms with Crippen LogP contribution in [0.25, 0.3) is 0 Å². The molecule has 5 heteroatoms. The molecule has 1 N–H and O–H groups in total. The van der Waals surface area contributed by atoms with E-state index < -0.39 is 12.0 Å². The van der Waals surface area contributed by atoms with E-state index in [0.29, 0.717) is 5.75 Å². The number of rotatable bonds is 3. The first-order valence-corrected chi connectivity index (χ1v) is 6.17. The predicted octanol–water partition coefficient (Wildman–Crippen LogP) is 1.73. The van der Waals surface area contributed by atoms with Crippen LogP contribution in [0.15, 0.2) is 4.99 Å². The van der Waals surface area contributed by atoms with Crippen LogP contribution in [0.5, 0.6) is 0 Å². The van der Waals surface area contributed by atoms with Crippen LogP contribution in [0.1, 0.15) is 13.8 Å². The second kappa shape index (κ2) is 3.92. The van der Waals surface area contributed by atoms with Crippen LogP contribution in [0.4, 0.5) is 0 Å². The first-order chi connectivity index (χ1) is 5.97. The minimum atomic E-state index is -0.820. The van der Waals surface area contributed by atoms with Gasteiger partial charge in [-0.2, -0.15) is 11.8 Å². The van der Waals surface area contributed by atoms with E-state index in [0.717, 1.165) is 5.04 Å². The number of aliphatic imine (C=N–C) groups is 1. The summed E-state index contributed by atoms with van der Waals surface area (Å²) in [5, 5.41) is 9.69. The Kier molecular flexibility index (Phi) is 3.29. The van der Waals surface area contributed by atoms with E-state index in [1.807, 2.05) is 6.26 Å². The molecular weight excluding hydrogens is 206 g/mol.